The third-order valence-electron chi connectivity index (χ3n) is 6.84. The third-order valence-corrected chi connectivity index (χ3v) is 6.84. The van der Waals surface area contributed by atoms with Crippen molar-refractivity contribution in [2.75, 3.05) is 0 Å². The molecule has 0 spiro atoms. The van der Waals surface area contributed by atoms with E-state index in [1.54, 1.807) is 6.42 Å². The van der Waals surface area contributed by atoms with Crippen LogP contribution in [0.5, 0.6) is 0 Å². The topological polar surface area (TPSA) is 0 Å². The molecular weight excluding hydrogens is 192 g/mol. The Morgan fingerprint density at radius 1 is 0.938 bits per heavy atom. The Balaban J connectivity index is 1.78. The summed E-state index contributed by atoms with van der Waals surface area (Å²) in [6.45, 7) is 10.2. The Bertz CT molecular complexity index is 294. The van der Waals surface area contributed by atoms with E-state index in [9.17, 15) is 0 Å². The average Bonchev–Trinajstić information content (AvgIpc) is 2.55. The van der Waals surface area contributed by atoms with Crippen LogP contribution in [-0.2, 0) is 0 Å². The SMILES string of the molecule is CC1CCCC2CC3C(C)(CC(C)C1)C23C. The van der Waals surface area contributed by atoms with Crippen LogP contribution in [0, 0.1) is 34.5 Å². The fourth-order valence-electron chi connectivity index (χ4n) is 5.75. The number of hydrogen-bond acceptors (Lipinski definition) is 0. The van der Waals surface area contributed by atoms with Crippen molar-refractivity contribution < 1.29 is 0 Å². The zero-order valence-electron chi connectivity index (χ0n) is 11.6. The van der Waals surface area contributed by atoms with Crippen LogP contribution in [0.1, 0.15) is 66.2 Å². The van der Waals surface area contributed by atoms with Crippen LogP contribution < -0.4 is 0 Å². The number of fused-ring (bicyclic) bond motifs is 1. The van der Waals surface area contributed by atoms with Gasteiger partial charge in [0, 0.05) is 0 Å². The highest BCUT2D eigenvalue weighted by Crippen LogP contribution is 2.85. The van der Waals surface area contributed by atoms with E-state index >= 15 is 0 Å². The molecule has 0 amide bonds. The molecule has 6 atom stereocenters. The predicted molar refractivity (Wildman–Crippen MR) is 69.2 cm³/mol. The molecule has 92 valence electrons. The minimum atomic E-state index is 0.730. The Morgan fingerprint density at radius 3 is 2.44 bits per heavy atom. The molecule has 0 bridgehead atoms. The van der Waals surface area contributed by atoms with E-state index in [1.165, 1.54) is 32.1 Å². The maximum Gasteiger partial charge on any atom is -0.0207 e. The summed E-state index contributed by atoms with van der Waals surface area (Å²) in [5, 5.41) is 0. The van der Waals surface area contributed by atoms with Gasteiger partial charge in [0.25, 0.3) is 0 Å². The molecule has 3 saturated carbocycles. The summed E-state index contributed by atoms with van der Waals surface area (Å²) < 4.78 is 0. The third kappa shape index (κ3) is 1.22. The lowest BCUT2D eigenvalue weighted by Crippen LogP contribution is -2.27. The Labute approximate surface area is 101 Å². The van der Waals surface area contributed by atoms with Crippen molar-refractivity contribution >= 4 is 0 Å². The van der Waals surface area contributed by atoms with Gasteiger partial charge in [-0.05, 0) is 60.2 Å². The molecule has 0 aromatic rings. The van der Waals surface area contributed by atoms with Crippen LogP contribution in [0.2, 0.25) is 0 Å². The van der Waals surface area contributed by atoms with E-state index in [4.69, 9.17) is 0 Å². The minimum absolute atomic E-state index is 0.730. The molecular formula is C16H28. The molecule has 3 aliphatic carbocycles. The summed E-state index contributed by atoms with van der Waals surface area (Å²) in [7, 11) is 0. The summed E-state index contributed by atoms with van der Waals surface area (Å²) in [6, 6.07) is 0. The van der Waals surface area contributed by atoms with Crippen molar-refractivity contribution in [2.45, 2.75) is 66.2 Å². The molecule has 0 aliphatic heterocycles. The lowest BCUT2D eigenvalue weighted by Gasteiger charge is -2.35. The lowest BCUT2D eigenvalue weighted by molar-refractivity contribution is 0.139. The van der Waals surface area contributed by atoms with E-state index in [0.29, 0.717) is 0 Å². The molecule has 0 heterocycles. The van der Waals surface area contributed by atoms with Gasteiger partial charge in [0.1, 0.15) is 0 Å². The van der Waals surface area contributed by atoms with Gasteiger partial charge in [-0.2, -0.15) is 0 Å². The number of hydrogen-bond donors (Lipinski definition) is 0. The maximum atomic E-state index is 2.60. The van der Waals surface area contributed by atoms with Gasteiger partial charge in [-0.25, -0.2) is 0 Å². The first-order valence-corrected chi connectivity index (χ1v) is 7.48. The second-order valence-electron chi connectivity index (χ2n) is 7.77. The molecule has 3 aliphatic rings. The van der Waals surface area contributed by atoms with Gasteiger partial charge in [-0.3, -0.25) is 0 Å². The van der Waals surface area contributed by atoms with E-state index in [0.717, 1.165) is 34.5 Å². The van der Waals surface area contributed by atoms with Gasteiger partial charge in [-0.15, -0.1) is 0 Å². The molecule has 0 nitrogen and oxygen atoms in total. The van der Waals surface area contributed by atoms with E-state index in [1.807, 2.05) is 0 Å². The van der Waals surface area contributed by atoms with Gasteiger partial charge in [0.15, 0.2) is 0 Å². The molecule has 6 unspecified atom stereocenters. The fraction of sp³-hybridized carbons (Fsp3) is 1.00. The molecule has 3 rings (SSSR count). The van der Waals surface area contributed by atoms with Gasteiger partial charge in [0.2, 0.25) is 0 Å². The minimum Gasteiger partial charge on any atom is -0.0625 e. The van der Waals surface area contributed by atoms with Crippen molar-refractivity contribution in [2.24, 2.45) is 34.5 Å². The second kappa shape index (κ2) is 3.27. The first kappa shape index (κ1) is 11.1. The van der Waals surface area contributed by atoms with E-state index in [2.05, 4.69) is 27.7 Å². The summed E-state index contributed by atoms with van der Waals surface area (Å²) in [5.41, 5.74) is 1.50. The second-order valence-corrected chi connectivity index (χ2v) is 7.77. The van der Waals surface area contributed by atoms with Crippen LogP contribution in [0.25, 0.3) is 0 Å². The largest absolute Gasteiger partial charge is 0.0625 e. The highest BCUT2D eigenvalue weighted by molar-refractivity contribution is 5.26. The maximum absolute atomic E-state index is 2.60. The average molecular weight is 220 g/mol. The van der Waals surface area contributed by atoms with Crippen molar-refractivity contribution in [3.05, 3.63) is 0 Å². The highest BCUT2D eigenvalue weighted by Gasteiger charge is 2.79. The molecule has 0 aromatic carbocycles. The summed E-state index contributed by atoms with van der Waals surface area (Å²) in [5.74, 6) is 4.11. The van der Waals surface area contributed by atoms with Crippen molar-refractivity contribution in [1.82, 2.24) is 0 Å². The Hall–Kier alpha value is 0. The molecule has 0 heteroatoms. The Kier molecular flexibility index (Phi) is 2.27. The zero-order chi connectivity index (χ0) is 11.6. The first-order valence-electron chi connectivity index (χ1n) is 7.48. The molecule has 3 fully saturated rings. The quantitative estimate of drug-likeness (QED) is 0.545. The van der Waals surface area contributed by atoms with Crippen LogP contribution in [0.4, 0.5) is 0 Å². The van der Waals surface area contributed by atoms with Gasteiger partial charge in [-0.1, -0.05) is 40.5 Å². The van der Waals surface area contributed by atoms with Crippen LogP contribution in [-0.4, -0.2) is 0 Å². The van der Waals surface area contributed by atoms with E-state index < -0.39 is 0 Å². The smallest absolute Gasteiger partial charge is 0.0207 e. The Morgan fingerprint density at radius 2 is 1.69 bits per heavy atom. The molecule has 0 aromatic heterocycles. The highest BCUT2D eigenvalue weighted by atomic mass is 14.8. The molecule has 0 N–H and O–H groups in total. The molecule has 0 saturated heterocycles. The predicted octanol–water partition coefficient (Wildman–Crippen LogP) is 4.89. The van der Waals surface area contributed by atoms with Gasteiger partial charge in [0.05, 0.1) is 0 Å². The fourth-order valence-corrected chi connectivity index (χ4v) is 5.75. The summed E-state index contributed by atoms with van der Waals surface area (Å²) >= 11 is 0. The van der Waals surface area contributed by atoms with Crippen molar-refractivity contribution in [3.8, 4) is 0 Å². The number of rotatable bonds is 0. The van der Waals surface area contributed by atoms with E-state index in [-0.39, 0.29) is 0 Å². The standard InChI is InChI=1S/C16H28/c1-11-6-5-7-13-9-14-15(3,16(13,14)4)10-12(2)8-11/h11-14H,5-10H2,1-4H3. The normalized spacial score (nSPS) is 60.8. The van der Waals surface area contributed by atoms with Gasteiger partial charge < -0.3 is 0 Å². The molecule has 0 radical (unpaired) electrons. The van der Waals surface area contributed by atoms with Crippen molar-refractivity contribution in [3.63, 3.8) is 0 Å². The van der Waals surface area contributed by atoms with Gasteiger partial charge >= 0.3 is 0 Å². The summed E-state index contributed by atoms with van der Waals surface area (Å²) in [4.78, 5) is 0. The van der Waals surface area contributed by atoms with Crippen LogP contribution in [0.3, 0.4) is 0 Å². The van der Waals surface area contributed by atoms with Crippen molar-refractivity contribution in [1.29, 1.82) is 0 Å². The monoisotopic (exact) mass is 220 g/mol. The lowest BCUT2D eigenvalue weighted by atomic mass is 9.69. The molecule has 16 heavy (non-hydrogen) atoms. The van der Waals surface area contributed by atoms with Crippen LogP contribution >= 0.6 is 0 Å². The van der Waals surface area contributed by atoms with Crippen LogP contribution in [0.15, 0.2) is 0 Å². The first-order chi connectivity index (χ1) is 7.48. The zero-order valence-corrected chi connectivity index (χ0v) is 11.6. The summed E-state index contributed by atoms with van der Waals surface area (Å²) in [6.07, 6.45) is 9.06.